The van der Waals surface area contributed by atoms with Crippen molar-refractivity contribution in [3.8, 4) is 0 Å². The summed E-state index contributed by atoms with van der Waals surface area (Å²) in [5.74, 6) is 0. The quantitative estimate of drug-likeness (QED) is 0.801. The fourth-order valence-corrected chi connectivity index (χ4v) is 8.43. The molecular formula is C13H20O4P2. The Morgan fingerprint density at radius 1 is 1.21 bits per heavy atom. The van der Waals surface area contributed by atoms with Crippen LogP contribution in [0.4, 0.5) is 0 Å². The van der Waals surface area contributed by atoms with E-state index in [2.05, 4.69) is 0 Å². The zero-order valence-electron chi connectivity index (χ0n) is 11.3. The topological polar surface area (TPSA) is 52.6 Å². The second-order valence-corrected chi connectivity index (χ2v) is 10.5. The van der Waals surface area contributed by atoms with Crippen molar-refractivity contribution in [1.82, 2.24) is 0 Å². The molecule has 0 bridgehead atoms. The Labute approximate surface area is 114 Å². The van der Waals surface area contributed by atoms with Crippen molar-refractivity contribution in [2.45, 2.75) is 18.5 Å². The van der Waals surface area contributed by atoms with E-state index < -0.39 is 14.7 Å². The van der Waals surface area contributed by atoms with E-state index in [1.54, 1.807) is 0 Å². The minimum atomic E-state index is -3.13. The predicted octanol–water partition coefficient (Wildman–Crippen LogP) is 3.32. The SMILES string of the molecule is COP(=O)(OC)C1CCCP(=O)(c2ccccc2)C1. The van der Waals surface area contributed by atoms with Crippen LogP contribution in [0.5, 0.6) is 0 Å². The first-order valence-corrected chi connectivity index (χ1v) is 10.1. The maximum absolute atomic E-state index is 13.1. The highest BCUT2D eigenvalue weighted by molar-refractivity contribution is 7.72. The molecule has 1 aromatic rings. The Morgan fingerprint density at radius 2 is 1.84 bits per heavy atom. The van der Waals surface area contributed by atoms with Gasteiger partial charge in [0.25, 0.3) is 0 Å². The van der Waals surface area contributed by atoms with Crippen LogP contribution >= 0.6 is 14.7 Å². The van der Waals surface area contributed by atoms with E-state index in [-0.39, 0.29) is 5.66 Å². The molecule has 106 valence electrons. The van der Waals surface area contributed by atoms with Gasteiger partial charge in [0, 0.05) is 31.8 Å². The Bertz CT molecular complexity index is 507. The van der Waals surface area contributed by atoms with Crippen LogP contribution in [0.25, 0.3) is 0 Å². The summed E-state index contributed by atoms with van der Waals surface area (Å²) in [5.41, 5.74) is -0.262. The Morgan fingerprint density at radius 3 is 2.42 bits per heavy atom. The third-order valence-electron chi connectivity index (χ3n) is 3.75. The molecule has 1 fully saturated rings. The first-order chi connectivity index (χ1) is 9.04. The molecule has 1 aromatic carbocycles. The number of benzene rings is 1. The highest BCUT2D eigenvalue weighted by Gasteiger charge is 2.42. The Hall–Kier alpha value is -0.400. The summed E-state index contributed by atoms with van der Waals surface area (Å²) in [6.45, 7) is 0. The molecule has 6 heteroatoms. The van der Waals surface area contributed by atoms with Crippen LogP contribution in [0.15, 0.2) is 30.3 Å². The van der Waals surface area contributed by atoms with Gasteiger partial charge in [0.2, 0.25) is 0 Å². The van der Waals surface area contributed by atoms with Crippen LogP contribution in [0.3, 0.4) is 0 Å². The van der Waals surface area contributed by atoms with E-state index in [9.17, 15) is 9.13 Å². The molecule has 1 heterocycles. The van der Waals surface area contributed by atoms with Gasteiger partial charge in [0.15, 0.2) is 0 Å². The van der Waals surface area contributed by atoms with E-state index in [0.29, 0.717) is 12.3 Å². The molecule has 0 aliphatic carbocycles. The Balaban J connectivity index is 2.27. The van der Waals surface area contributed by atoms with Crippen molar-refractivity contribution < 1.29 is 18.2 Å². The van der Waals surface area contributed by atoms with Crippen molar-refractivity contribution >= 4 is 20.0 Å². The minimum Gasteiger partial charge on any atom is -0.319 e. The van der Waals surface area contributed by atoms with Crippen molar-refractivity contribution in [1.29, 1.82) is 0 Å². The average Bonchev–Trinajstić information content (AvgIpc) is 2.47. The van der Waals surface area contributed by atoms with Crippen LogP contribution in [-0.4, -0.2) is 32.2 Å². The molecule has 1 saturated heterocycles. The molecular weight excluding hydrogens is 282 g/mol. The smallest absolute Gasteiger partial charge is 0.319 e. The van der Waals surface area contributed by atoms with Crippen molar-refractivity contribution in [3.05, 3.63) is 30.3 Å². The molecule has 2 atom stereocenters. The van der Waals surface area contributed by atoms with Crippen LogP contribution in [0.2, 0.25) is 0 Å². The molecule has 2 unspecified atom stereocenters. The van der Waals surface area contributed by atoms with Crippen LogP contribution in [0, 0.1) is 0 Å². The van der Waals surface area contributed by atoms with Gasteiger partial charge in [0.1, 0.15) is 7.14 Å². The number of rotatable bonds is 4. The molecule has 0 radical (unpaired) electrons. The zero-order valence-corrected chi connectivity index (χ0v) is 13.1. The van der Waals surface area contributed by atoms with E-state index in [1.165, 1.54) is 14.2 Å². The second-order valence-electron chi connectivity index (χ2n) is 4.83. The molecule has 0 saturated carbocycles. The lowest BCUT2D eigenvalue weighted by molar-refractivity contribution is 0.265. The number of hydrogen-bond acceptors (Lipinski definition) is 4. The van der Waals surface area contributed by atoms with Crippen LogP contribution < -0.4 is 5.30 Å². The highest BCUT2D eigenvalue weighted by Crippen LogP contribution is 2.61. The number of hydrogen-bond donors (Lipinski definition) is 0. The normalized spacial score (nSPS) is 28.2. The predicted molar refractivity (Wildman–Crippen MR) is 78.1 cm³/mol. The maximum Gasteiger partial charge on any atom is 0.333 e. The van der Waals surface area contributed by atoms with Gasteiger partial charge in [-0.25, -0.2) is 0 Å². The van der Waals surface area contributed by atoms with Gasteiger partial charge < -0.3 is 13.6 Å². The molecule has 4 nitrogen and oxygen atoms in total. The molecule has 1 aliphatic rings. The first-order valence-electron chi connectivity index (χ1n) is 6.39. The fraction of sp³-hybridized carbons (Fsp3) is 0.538. The summed E-state index contributed by atoms with van der Waals surface area (Å²) >= 11 is 0. The van der Waals surface area contributed by atoms with Crippen molar-refractivity contribution in [2.75, 3.05) is 26.5 Å². The average molecular weight is 302 g/mol. The molecule has 0 spiro atoms. The Kier molecular flexibility index (Phi) is 4.68. The molecule has 1 aliphatic heterocycles. The third kappa shape index (κ3) is 3.03. The standard InChI is InChI=1S/C13H20O4P2/c1-16-19(15,17-2)13-9-6-10-18(14,11-13)12-7-4-3-5-8-12/h3-5,7-8,13H,6,9-11H2,1-2H3. The molecule has 2 rings (SSSR count). The van der Waals surface area contributed by atoms with E-state index in [4.69, 9.17) is 9.05 Å². The molecule has 0 aromatic heterocycles. The molecule has 19 heavy (non-hydrogen) atoms. The summed E-state index contributed by atoms with van der Waals surface area (Å²) in [6, 6.07) is 9.49. The fourth-order valence-electron chi connectivity index (χ4n) is 2.67. The van der Waals surface area contributed by atoms with E-state index >= 15 is 0 Å². The van der Waals surface area contributed by atoms with Crippen molar-refractivity contribution in [2.24, 2.45) is 0 Å². The molecule has 0 amide bonds. The first kappa shape index (κ1) is 15.0. The monoisotopic (exact) mass is 302 g/mol. The summed E-state index contributed by atoms with van der Waals surface area (Å²) in [4.78, 5) is 0. The van der Waals surface area contributed by atoms with E-state index in [0.717, 1.165) is 18.1 Å². The largest absolute Gasteiger partial charge is 0.333 e. The van der Waals surface area contributed by atoms with E-state index in [1.807, 2.05) is 30.3 Å². The minimum absolute atomic E-state index is 0.262. The van der Waals surface area contributed by atoms with Gasteiger partial charge in [-0.3, -0.25) is 4.57 Å². The van der Waals surface area contributed by atoms with Gasteiger partial charge in [0.05, 0.1) is 5.66 Å². The zero-order chi connectivity index (χ0) is 13.9. The molecule has 0 N–H and O–H groups in total. The van der Waals surface area contributed by atoms with Gasteiger partial charge in [-0.15, -0.1) is 0 Å². The summed E-state index contributed by atoms with van der Waals surface area (Å²) < 4.78 is 35.7. The maximum atomic E-state index is 13.1. The summed E-state index contributed by atoms with van der Waals surface area (Å²) in [7, 11) is -2.82. The van der Waals surface area contributed by atoms with Gasteiger partial charge in [-0.1, -0.05) is 30.3 Å². The van der Waals surface area contributed by atoms with Crippen LogP contribution in [0.1, 0.15) is 12.8 Å². The second kappa shape index (κ2) is 5.93. The lowest BCUT2D eigenvalue weighted by atomic mass is 10.2. The summed E-state index contributed by atoms with van der Waals surface area (Å²) in [5, 5.41) is 0.874. The summed E-state index contributed by atoms with van der Waals surface area (Å²) in [6.07, 6.45) is 2.64. The van der Waals surface area contributed by atoms with Gasteiger partial charge >= 0.3 is 7.60 Å². The lowest BCUT2D eigenvalue weighted by Gasteiger charge is -2.32. The van der Waals surface area contributed by atoms with Gasteiger partial charge in [-0.2, -0.15) is 0 Å². The lowest BCUT2D eigenvalue weighted by Crippen LogP contribution is -2.26. The van der Waals surface area contributed by atoms with Crippen LogP contribution in [-0.2, 0) is 18.2 Å². The van der Waals surface area contributed by atoms with Crippen molar-refractivity contribution in [3.63, 3.8) is 0 Å². The third-order valence-corrected chi connectivity index (χ3v) is 9.69. The van der Waals surface area contributed by atoms with Gasteiger partial charge in [-0.05, 0) is 12.8 Å². The highest BCUT2D eigenvalue weighted by atomic mass is 31.2.